The van der Waals surface area contributed by atoms with E-state index in [0.29, 0.717) is 33.1 Å². The molecular formula is C12H10BrClN2O2. The Morgan fingerprint density at radius 3 is 2.89 bits per heavy atom. The predicted octanol–water partition coefficient (Wildman–Crippen LogP) is 3.33. The van der Waals surface area contributed by atoms with Crippen LogP contribution < -0.4 is 5.32 Å². The van der Waals surface area contributed by atoms with Crippen molar-refractivity contribution in [2.75, 3.05) is 0 Å². The number of aryl methyl sites for hydroxylation is 1. The zero-order valence-electron chi connectivity index (χ0n) is 9.54. The first-order valence-corrected chi connectivity index (χ1v) is 6.39. The molecule has 0 bridgehead atoms. The van der Waals surface area contributed by atoms with Crippen LogP contribution >= 0.6 is 27.5 Å². The lowest BCUT2D eigenvalue weighted by atomic mass is 10.2. The zero-order valence-corrected chi connectivity index (χ0v) is 11.9. The summed E-state index contributed by atoms with van der Waals surface area (Å²) in [6.45, 7) is 2.12. The van der Waals surface area contributed by atoms with E-state index in [-0.39, 0.29) is 5.91 Å². The van der Waals surface area contributed by atoms with Gasteiger partial charge in [0.15, 0.2) is 0 Å². The number of aromatic nitrogens is 1. The fourth-order valence-corrected chi connectivity index (χ4v) is 2.30. The molecule has 1 aromatic carbocycles. The van der Waals surface area contributed by atoms with Crippen LogP contribution in [0.2, 0.25) is 5.02 Å². The highest BCUT2D eigenvalue weighted by Crippen LogP contribution is 2.21. The van der Waals surface area contributed by atoms with Crippen molar-refractivity contribution in [1.82, 2.24) is 10.5 Å². The van der Waals surface area contributed by atoms with Crippen LogP contribution in [0.3, 0.4) is 0 Å². The van der Waals surface area contributed by atoms with Crippen LogP contribution in [0.25, 0.3) is 0 Å². The molecule has 0 spiro atoms. The van der Waals surface area contributed by atoms with Crippen molar-refractivity contribution in [2.45, 2.75) is 13.5 Å². The van der Waals surface area contributed by atoms with Crippen LogP contribution in [0.5, 0.6) is 0 Å². The van der Waals surface area contributed by atoms with Gasteiger partial charge < -0.3 is 9.84 Å². The normalized spacial score (nSPS) is 10.4. The fraction of sp³-hybridized carbons (Fsp3) is 0.167. The average molecular weight is 330 g/mol. The molecule has 0 radical (unpaired) electrons. The van der Waals surface area contributed by atoms with Gasteiger partial charge in [0.2, 0.25) is 0 Å². The molecule has 0 saturated carbocycles. The van der Waals surface area contributed by atoms with Crippen LogP contribution in [-0.4, -0.2) is 11.1 Å². The van der Waals surface area contributed by atoms with Crippen molar-refractivity contribution in [1.29, 1.82) is 0 Å². The summed E-state index contributed by atoms with van der Waals surface area (Å²) in [7, 11) is 0. The molecule has 6 heteroatoms. The van der Waals surface area contributed by atoms with E-state index in [2.05, 4.69) is 26.4 Å². The van der Waals surface area contributed by atoms with Gasteiger partial charge in [-0.15, -0.1) is 0 Å². The summed E-state index contributed by atoms with van der Waals surface area (Å²) in [5.41, 5.74) is 1.21. The monoisotopic (exact) mass is 328 g/mol. The standard InChI is InChI=1S/C12H10BrClN2O2/c1-7-4-9(16-18-7)6-15-12(17)10-3-2-8(14)5-11(10)13/h2-5H,6H2,1H3,(H,15,17). The van der Waals surface area contributed by atoms with Gasteiger partial charge in [-0.2, -0.15) is 0 Å². The number of nitrogens with one attached hydrogen (secondary N) is 1. The number of halogens is 2. The Kier molecular flexibility index (Phi) is 4.04. The first-order chi connectivity index (χ1) is 8.56. The van der Waals surface area contributed by atoms with Gasteiger partial charge in [-0.05, 0) is 41.1 Å². The molecule has 0 fully saturated rings. The second kappa shape index (κ2) is 5.54. The van der Waals surface area contributed by atoms with E-state index in [0.717, 1.165) is 0 Å². The minimum absolute atomic E-state index is 0.195. The van der Waals surface area contributed by atoms with Crippen molar-refractivity contribution >= 4 is 33.4 Å². The van der Waals surface area contributed by atoms with Gasteiger partial charge in [0.05, 0.1) is 12.1 Å². The summed E-state index contributed by atoms with van der Waals surface area (Å²) in [5.74, 6) is 0.520. The number of carbonyl (C=O) groups is 1. The van der Waals surface area contributed by atoms with Gasteiger partial charge in [-0.25, -0.2) is 0 Å². The Morgan fingerprint density at radius 2 is 2.28 bits per heavy atom. The largest absolute Gasteiger partial charge is 0.361 e. The summed E-state index contributed by atoms with van der Waals surface area (Å²) in [6.07, 6.45) is 0. The second-order valence-electron chi connectivity index (χ2n) is 3.74. The number of hydrogen-bond donors (Lipinski definition) is 1. The molecule has 1 aromatic heterocycles. The van der Waals surface area contributed by atoms with Crippen LogP contribution in [0, 0.1) is 6.92 Å². The Balaban J connectivity index is 2.03. The van der Waals surface area contributed by atoms with Gasteiger partial charge >= 0.3 is 0 Å². The van der Waals surface area contributed by atoms with E-state index >= 15 is 0 Å². The molecule has 18 heavy (non-hydrogen) atoms. The van der Waals surface area contributed by atoms with E-state index in [1.165, 1.54) is 0 Å². The average Bonchev–Trinajstić information content (AvgIpc) is 2.72. The lowest BCUT2D eigenvalue weighted by Crippen LogP contribution is -2.23. The lowest BCUT2D eigenvalue weighted by molar-refractivity contribution is 0.0949. The molecule has 0 saturated heterocycles. The lowest BCUT2D eigenvalue weighted by Gasteiger charge is -2.05. The molecule has 94 valence electrons. The summed E-state index contributed by atoms with van der Waals surface area (Å²) >= 11 is 9.11. The summed E-state index contributed by atoms with van der Waals surface area (Å²) < 4.78 is 5.57. The number of carbonyl (C=O) groups excluding carboxylic acids is 1. The van der Waals surface area contributed by atoms with E-state index in [9.17, 15) is 4.79 Å². The second-order valence-corrected chi connectivity index (χ2v) is 5.03. The Hall–Kier alpha value is -1.33. The summed E-state index contributed by atoms with van der Waals surface area (Å²) in [6, 6.07) is 6.78. The smallest absolute Gasteiger partial charge is 0.252 e. The minimum Gasteiger partial charge on any atom is -0.361 e. The van der Waals surface area contributed by atoms with Crippen molar-refractivity contribution in [3.8, 4) is 0 Å². The van der Waals surface area contributed by atoms with E-state index < -0.39 is 0 Å². The van der Waals surface area contributed by atoms with Gasteiger partial charge in [0.25, 0.3) is 5.91 Å². The van der Waals surface area contributed by atoms with Gasteiger partial charge in [0.1, 0.15) is 11.5 Å². The predicted molar refractivity (Wildman–Crippen MR) is 71.6 cm³/mol. The highest BCUT2D eigenvalue weighted by molar-refractivity contribution is 9.10. The fourth-order valence-electron chi connectivity index (χ4n) is 1.44. The van der Waals surface area contributed by atoms with Gasteiger partial charge in [-0.3, -0.25) is 4.79 Å². The number of hydrogen-bond acceptors (Lipinski definition) is 3. The number of amides is 1. The first-order valence-electron chi connectivity index (χ1n) is 5.21. The maximum atomic E-state index is 11.9. The molecule has 1 heterocycles. The third-order valence-corrected chi connectivity index (χ3v) is 3.17. The van der Waals surface area contributed by atoms with Crippen molar-refractivity contribution in [2.24, 2.45) is 0 Å². The number of rotatable bonds is 3. The Labute approximate surface area is 117 Å². The van der Waals surface area contributed by atoms with Crippen LogP contribution in [-0.2, 0) is 6.54 Å². The topological polar surface area (TPSA) is 55.1 Å². The first kappa shape index (κ1) is 13.1. The summed E-state index contributed by atoms with van der Waals surface area (Å²) in [4.78, 5) is 11.9. The highest BCUT2D eigenvalue weighted by Gasteiger charge is 2.10. The molecule has 0 unspecified atom stereocenters. The maximum Gasteiger partial charge on any atom is 0.252 e. The molecule has 0 aliphatic heterocycles. The van der Waals surface area contributed by atoms with E-state index in [4.69, 9.17) is 16.1 Å². The van der Waals surface area contributed by atoms with Crippen molar-refractivity contribution in [3.63, 3.8) is 0 Å². The van der Waals surface area contributed by atoms with Crippen molar-refractivity contribution in [3.05, 3.63) is 50.8 Å². The SMILES string of the molecule is Cc1cc(CNC(=O)c2ccc(Cl)cc2Br)no1. The molecule has 0 aliphatic rings. The molecular weight excluding hydrogens is 320 g/mol. The molecule has 2 rings (SSSR count). The minimum atomic E-state index is -0.195. The molecule has 0 atom stereocenters. The third-order valence-electron chi connectivity index (χ3n) is 2.28. The Bertz CT molecular complexity index is 583. The van der Waals surface area contributed by atoms with E-state index in [1.807, 2.05) is 0 Å². The third kappa shape index (κ3) is 3.11. The Morgan fingerprint density at radius 1 is 1.50 bits per heavy atom. The van der Waals surface area contributed by atoms with Crippen LogP contribution in [0.1, 0.15) is 21.8 Å². The van der Waals surface area contributed by atoms with Gasteiger partial charge in [-0.1, -0.05) is 16.8 Å². The zero-order chi connectivity index (χ0) is 13.1. The van der Waals surface area contributed by atoms with Crippen molar-refractivity contribution < 1.29 is 9.32 Å². The molecule has 2 aromatic rings. The quantitative estimate of drug-likeness (QED) is 0.939. The summed E-state index contributed by atoms with van der Waals surface area (Å²) in [5, 5.41) is 7.12. The van der Waals surface area contributed by atoms with E-state index in [1.54, 1.807) is 31.2 Å². The number of benzene rings is 1. The number of nitrogens with zero attached hydrogens (tertiary/aromatic N) is 1. The molecule has 1 N–H and O–H groups in total. The van der Waals surface area contributed by atoms with Crippen LogP contribution in [0.4, 0.5) is 0 Å². The maximum absolute atomic E-state index is 11.9. The molecule has 1 amide bonds. The molecule has 0 aliphatic carbocycles. The van der Waals surface area contributed by atoms with Crippen LogP contribution in [0.15, 0.2) is 33.3 Å². The molecule has 4 nitrogen and oxygen atoms in total. The van der Waals surface area contributed by atoms with Gasteiger partial charge in [0, 0.05) is 15.6 Å². The highest BCUT2D eigenvalue weighted by atomic mass is 79.9.